The fourth-order valence-electron chi connectivity index (χ4n) is 2.68. The van der Waals surface area contributed by atoms with Gasteiger partial charge in [0.15, 0.2) is 5.78 Å². The van der Waals surface area contributed by atoms with Gasteiger partial charge in [0.2, 0.25) is 0 Å². The van der Waals surface area contributed by atoms with Crippen LogP contribution in [0.25, 0.3) is 10.9 Å². The molecule has 5 nitrogen and oxygen atoms in total. The number of hydrogen-bond acceptors (Lipinski definition) is 3. The molecule has 5 heteroatoms. The van der Waals surface area contributed by atoms with Gasteiger partial charge in [-0.2, -0.15) is 0 Å². The molecule has 2 aromatic carbocycles. The number of carbonyl (C=O) groups excluding carboxylic acids is 1. The van der Waals surface area contributed by atoms with E-state index in [0.29, 0.717) is 12.0 Å². The van der Waals surface area contributed by atoms with E-state index in [2.05, 4.69) is 10.3 Å². The number of benzene rings is 2. The number of para-hydroxylation sites is 1. The number of fused-ring (bicyclic) bond motifs is 1. The number of ketones is 1. The lowest BCUT2D eigenvalue weighted by atomic mass is 10.1. The van der Waals surface area contributed by atoms with E-state index in [1.807, 2.05) is 36.5 Å². The highest BCUT2D eigenvalue weighted by molar-refractivity contribution is 6.04. The standard InChI is InChI=1S/C20H18N2O3/c23-19(14-6-2-1-3-7-14)10-11-21-18(20(24)25)12-15-13-22-17-9-5-4-8-16(15)17/h1-11,13,18,21-22H,12H2,(H,24,25)/b11-10-. The lowest BCUT2D eigenvalue weighted by Gasteiger charge is -2.12. The van der Waals surface area contributed by atoms with Crippen molar-refractivity contribution in [1.82, 2.24) is 10.3 Å². The van der Waals surface area contributed by atoms with Gasteiger partial charge in [-0.3, -0.25) is 4.79 Å². The summed E-state index contributed by atoms with van der Waals surface area (Å²) < 4.78 is 0. The molecule has 0 saturated carbocycles. The Morgan fingerprint density at radius 2 is 1.80 bits per heavy atom. The summed E-state index contributed by atoms with van der Waals surface area (Å²) in [5.74, 6) is -1.15. The Balaban J connectivity index is 1.69. The third kappa shape index (κ3) is 3.95. The van der Waals surface area contributed by atoms with Gasteiger partial charge >= 0.3 is 5.97 Å². The largest absolute Gasteiger partial charge is 0.480 e. The lowest BCUT2D eigenvalue weighted by molar-refractivity contribution is -0.139. The summed E-state index contributed by atoms with van der Waals surface area (Å²) >= 11 is 0. The van der Waals surface area contributed by atoms with Gasteiger partial charge in [-0.25, -0.2) is 4.79 Å². The summed E-state index contributed by atoms with van der Waals surface area (Å²) in [4.78, 5) is 26.7. The van der Waals surface area contributed by atoms with Crippen LogP contribution < -0.4 is 5.32 Å². The number of hydrogen-bond donors (Lipinski definition) is 3. The first-order valence-electron chi connectivity index (χ1n) is 7.95. The molecule has 3 rings (SSSR count). The molecule has 0 aliphatic carbocycles. The van der Waals surface area contributed by atoms with Gasteiger partial charge in [0.25, 0.3) is 0 Å². The molecule has 126 valence electrons. The van der Waals surface area contributed by atoms with E-state index in [0.717, 1.165) is 16.5 Å². The van der Waals surface area contributed by atoms with Crippen molar-refractivity contribution in [2.24, 2.45) is 0 Å². The summed E-state index contributed by atoms with van der Waals surface area (Å²) in [5.41, 5.74) is 2.44. The van der Waals surface area contributed by atoms with Crippen LogP contribution in [0.1, 0.15) is 15.9 Å². The number of aliphatic carboxylic acids is 1. The van der Waals surface area contributed by atoms with Crippen molar-refractivity contribution in [2.45, 2.75) is 12.5 Å². The Hall–Kier alpha value is -3.34. The number of H-pyrrole nitrogens is 1. The zero-order valence-corrected chi connectivity index (χ0v) is 13.5. The zero-order valence-electron chi connectivity index (χ0n) is 13.5. The number of rotatable bonds is 7. The molecule has 3 aromatic rings. The van der Waals surface area contributed by atoms with E-state index >= 15 is 0 Å². The average molecular weight is 334 g/mol. The van der Waals surface area contributed by atoms with E-state index in [1.165, 1.54) is 12.3 Å². The summed E-state index contributed by atoms with van der Waals surface area (Å²) in [6.45, 7) is 0. The Kier molecular flexibility index (Phi) is 4.95. The molecule has 0 fully saturated rings. The Morgan fingerprint density at radius 3 is 2.56 bits per heavy atom. The first-order chi connectivity index (χ1) is 12.1. The smallest absolute Gasteiger partial charge is 0.326 e. The Morgan fingerprint density at radius 1 is 1.08 bits per heavy atom. The van der Waals surface area contributed by atoms with Crippen LogP contribution in [-0.4, -0.2) is 27.9 Å². The third-order valence-corrected chi connectivity index (χ3v) is 3.99. The van der Waals surface area contributed by atoms with Crippen LogP contribution in [0.4, 0.5) is 0 Å². The molecule has 1 unspecified atom stereocenters. The van der Waals surface area contributed by atoms with Crippen LogP contribution in [0.3, 0.4) is 0 Å². The highest BCUT2D eigenvalue weighted by Crippen LogP contribution is 2.19. The highest BCUT2D eigenvalue weighted by Gasteiger charge is 2.18. The molecule has 0 spiro atoms. The summed E-state index contributed by atoms with van der Waals surface area (Å²) in [7, 11) is 0. The number of aromatic amines is 1. The molecule has 1 atom stereocenters. The summed E-state index contributed by atoms with van der Waals surface area (Å²) in [5, 5.41) is 13.2. The molecule has 0 amide bonds. The third-order valence-electron chi connectivity index (χ3n) is 3.99. The molecule has 0 aliphatic heterocycles. The van der Waals surface area contributed by atoms with Crippen LogP contribution in [0.5, 0.6) is 0 Å². The number of carbonyl (C=O) groups is 2. The molecule has 0 bridgehead atoms. The normalized spacial score (nSPS) is 12.3. The van der Waals surface area contributed by atoms with Crippen molar-refractivity contribution in [3.8, 4) is 0 Å². The van der Waals surface area contributed by atoms with Crippen molar-refractivity contribution in [1.29, 1.82) is 0 Å². The second-order valence-corrected chi connectivity index (χ2v) is 5.68. The van der Waals surface area contributed by atoms with Crippen molar-refractivity contribution < 1.29 is 14.7 Å². The van der Waals surface area contributed by atoms with E-state index < -0.39 is 12.0 Å². The quantitative estimate of drug-likeness (QED) is 0.458. The number of carboxylic acids is 1. The van der Waals surface area contributed by atoms with Gasteiger partial charge in [-0.05, 0) is 11.6 Å². The number of carboxylic acid groups (broad SMARTS) is 1. The van der Waals surface area contributed by atoms with Gasteiger partial charge in [0.1, 0.15) is 6.04 Å². The highest BCUT2D eigenvalue weighted by atomic mass is 16.4. The number of nitrogens with one attached hydrogen (secondary N) is 2. The first kappa shape index (κ1) is 16.5. The van der Waals surface area contributed by atoms with Crippen LogP contribution in [0.15, 0.2) is 73.1 Å². The summed E-state index contributed by atoms with van der Waals surface area (Å²) in [6.07, 6.45) is 4.88. The summed E-state index contributed by atoms with van der Waals surface area (Å²) in [6, 6.07) is 15.8. The van der Waals surface area contributed by atoms with E-state index in [9.17, 15) is 14.7 Å². The van der Waals surface area contributed by atoms with Crippen LogP contribution in [-0.2, 0) is 11.2 Å². The minimum atomic E-state index is -0.970. The fourth-order valence-corrected chi connectivity index (χ4v) is 2.68. The van der Waals surface area contributed by atoms with Gasteiger partial charge in [-0.15, -0.1) is 0 Å². The fraction of sp³-hybridized carbons (Fsp3) is 0.100. The van der Waals surface area contributed by atoms with Crippen LogP contribution >= 0.6 is 0 Å². The molecule has 0 saturated heterocycles. The molecular formula is C20H18N2O3. The molecule has 1 aromatic heterocycles. The Bertz CT molecular complexity index is 913. The van der Waals surface area contributed by atoms with E-state index in [4.69, 9.17) is 0 Å². The maximum atomic E-state index is 12.0. The molecular weight excluding hydrogens is 316 g/mol. The number of allylic oxidation sites excluding steroid dienone is 1. The maximum absolute atomic E-state index is 12.0. The molecule has 0 aliphatic rings. The van der Waals surface area contributed by atoms with Gasteiger partial charge in [0.05, 0.1) is 0 Å². The van der Waals surface area contributed by atoms with Gasteiger partial charge in [0, 0.05) is 41.4 Å². The zero-order chi connectivity index (χ0) is 17.6. The SMILES string of the molecule is O=C(/C=C\NC(Cc1c[nH]c2ccccc12)C(=O)O)c1ccccc1. The average Bonchev–Trinajstić information content (AvgIpc) is 3.04. The van der Waals surface area contributed by atoms with Gasteiger partial charge < -0.3 is 15.4 Å². The van der Waals surface area contributed by atoms with Crippen LogP contribution in [0, 0.1) is 0 Å². The van der Waals surface area contributed by atoms with Crippen molar-refractivity contribution in [3.05, 3.63) is 84.2 Å². The van der Waals surface area contributed by atoms with Gasteiger partial charge in [-0.1, -0.05) is 48.5 Å². The van der Waals surface area contributed by atoms with Crippen LogP contribution in [0.2, 0.25) is 0 Å². The first-order valence-corrected chi connectivity index (χ1v) is 7.95. The molecule has 1 heterocycles. The molecule has 0 radical (unpaired) electrons. The predicted octanol–water partition coefficient (Wildman–Crippen LogP) is 3.15. The molecule has 25 heavy (non-hydrogen) atoms. The minimum Gasteiger partial charge on any atom is -0.480 e. The van der Waals surface area contributed by atoms with Crippen molar-refractivity contribution >= 4 is 22.7 Å². The van der Waals surface area contributed by atoms with Crippen molar-refractivity contribution in [2.75, 3.05) is 0 Å². The monoisotopic (exact) mass is 334 g/mol. The topological polar surface area (TPSA) is 82.2 Å². The van der Waals surface area contributed by atoms with E-state index in [1.54, 1.807) is 24.3 Å². The maximum Gasteiger partial charge on any atom is 0.326 e. The molecule has 3 N–H and O–H groups in total. The Labute approximate surface area is 145 Å². The second kappa shape index (κ2) is 7.49. The predicted molar refractivity (Wildman–Crippen MR) is 96.5 cm³/mol. The second-order valence-electron chi connectivity index (χ2n) is 5.68. The minimum absolute atomic E-state index is 0.177. The van der Waals surface area contributed by atoms with E-state index in [-0.39, 0.29) is 5.78 Å². The van der Waals surface area contributed by atoms with Crippen molar-refractivity contribution in [3.63, 3.8) is 0 Å². The number of aromatic nitrogens is 1. The lowest BCUT2D eigenvalue weighted by Crippen LogP contribution is -2.35.